The van der Waals surface area contributed by atoms with Crippen molar-refractivity contribution in [3.63, 3.8) is 0 Å². The summed E-state index contributed by atoms with van der Waals surface area (Å²) in [7, 11) is 0. The summed E-state index contributed by atoms with van der Waals surface area (Å²) in [5.41, 5.74) is 2.87. The van der Waals surface area contributed by atoms with Crippen LogP contribution in [0, 0.1) is 24.7 Å². The van der Waals surface area contributed by atoms with Crippen molar-refractivity contribution in [2.24, 2.45) is 10.4 Å². The molecule has 1 aromatic rings. The highest BCUT2D eigenvalue weighted by Crippen LogP contribution is 2.38. The van der Waals surface area contributed by atoms with E-state index in [4.69, 9.17) is 6.57 Å². The zero-order valence-electron chi connectivity index (χ0n) is 13.9. The molecule has 0 aromatic heterocycles. The van der Waals surface area contributed by atoms with E-state index >= 15 is 0 Å². The second kappa shape index (κ2) is 5.72. The van der Waals surface area contributed by atoms with E-state index in [1.807, 2.05) is 13.8 Å². The normalized spacial score (nSPS) is 18.8. The molecule has 0 aliphatic carbocycles. The number of aryl methyl sites for hydroxylation is 1. The van der Waals surface area contributed by atoms with Gasteiger partial charge in [0.05, 0.1) is 13.1 Å². The van der Waals surface area contributed by atoms with Crippen LogP contribution in [0.1, 0.15) is 29.8 Å². The van der Waals surface area contributed by atoms with Crippen LogP contribution in [-0.2, 0) is 0 Å². The van der Waals surface area contributed by atoms with Gasteiger partial charge in [0.15, 0.2) is 0 Å². The summed E-state index contributed by atoms with van der Waals surface area (Å²) < 4.78 is 13.5. The molecular formula is C19H18FN3O. The molecule has 1 amide bonds. The number of benzene rings is 1. The van der Waals surface area contributed by atoms with E-state index in [1.165, 1.54) is 12.1 Å². The molecule has 0 atom stereocenters. The Hall–Kier alpha value is -2.74. The van der Waals surface area contributed by atoms with Gasteiger partial charge in [-0.2, -0.15) is 0 Å². The Morgan fingerprint density at radius 3 is 2.83 bits per heavy atom. The van der Waals surface area contributed by atoms with Crippen molar-refractivity contribution >= 4 is 12.1 Å². The zero-order valence-corrected chi connectivity index (χ0v) is 13.9. The molecule has 2 aliphatic heterocycles. The first kappa shape index (κ1) is 16.1. The van der Waals surface area contributed by atoms with E-state index in [-0.39, 0.29) is 17.1 Å². The fourth-order valence-electron chi connectivity index (χ4n) is 3.14. The van der Waals surface area contributed by atoms with E-state index in [0.717, 1.165) is 11.1 Å². The fourth-order valence-corrected chi connectivity index (χ4v) is 3.14. The summed E-state index contributed by atoms with van der Waals surface area (Å²) in [6.45, 7) is 14.2. The number of halogens is 1. The van der Waals surface area contributed by atoms with Crippen LogP contribution in [0.5, 0.6) is 0 Å². The summed E-state index contributed by atoms with van der Waals surface area (Å²) in [5, 5.41) is 0. The molecule has 122 valence electrons. The number of nitrogens with zero attached hydrogens (tertiary/aromatic N) is 3. The molecule has 0 radical (unpaired) electrons. The number of rotatable bonds is 1. The number of allylic oxidation sites excluding steroid dienone is 1. The van der Waals surface area contributed by atoms with Crippen molar-refractivity contribution in [2.45, 2.75) is 20.8 Å². The van der Waals surface area contributed by atoms with Crippen LogP contribution in [0.3, 0.4) is 0 Å². The smallest absolute Gasteiger partial charge is 0.256 e. The van der Waals surface area contributed by atoms with Gasteiger partial charge in [0.25, 0.3) is 5.91 Å². The third-order valence-electron chi connectivity index (χ3n) is 4.52. The minimum absolute atomic E-state index is 0.231. The van der Waals surface area contributed by atoms with E-state index in [0.29, 0.717) is 29.9 Å². The molecule has 3 rings (SSSR count). The lowest BCUT2D eigenvalue weighted by Gasteiger charge is -2.31. The Bertz CT molecular complexity index is 856. The average molecular weight is 323 g/mol. The van der Waals surface area contributed by atoms with Gasteiger partial charge in [-0.05, 0) is 36.3 Å². The van der Waals surface area contributed by atoms with Gasteiger partial charge in [-0.25, -0.2) is 9.24 Å². The van der Waals surface area contributed by atoms with E-state index < -0.39 is 0 Å². The van der Waals surface area contributed by atoms with E-state index in [1.54, 1.807) is 30.3 Å². The number of hydrogen-bond acceptors (Lipinski definition) is 2. The number of aliphatic imine (C=N–C) groups is 1. The van der Waals surface area contributed by atoms with Crippen molar-refractivity contribution in [2.75, 3.05) is 13.1 Å². The monoisotopic (exact) mass is 323 g/mol. The Kier molecular flexibility index (Phi) is 3.84. The van der Waals surface area contributed by atoms with Gasteiger partial charge in [0.1, 0.15) is 5.82 Å². The van der Waals surface area contributed by atoms with Gasteiger partial charge < -0.3 is 4.90 Å². The van der Waals surface area contributed by atoms with Gasteiger partial charge in [0.2, 0.25) is 5.70 Å². The molecule has 0 fully saturated rings. The highest BCUT2D eigenvalue weighted by atomic mass is 19.1. The molecule has 1 aromatic carbocycles. The molecule has 2 heterocycles. The Labute approximate surface area is 140 Å². The molecule has 5 heteroatoms. The summed E-state index contributed by atoms with van der Waals surface area (Å²) in [6.07, 6.45) is 3.31. The maximum atomic E-state index is 13.5. The molecule has 2 aliphatic rings. The standard InChI is InChI=1S/C19H18FN3O/c1-12-7-13(5-6-16(12)20)18(24)23-10-17(21-4)14-8-22-9-15(14)19(2,3)11-23/h5-8,10H,9,11H2,1-3H3. The van der Waals surface area contributed by atoms with Crippen LogP contribution in [0.4, 0.5) is 4.39 Å². The van der Waals surface area contributed by atoms with Gasteiger partial charge in [-0.3, -0.25) is 9.79 Å². The molecule has 0 spiro atoms. The molecule has 4 nitrogen and oxygen atoms in total. The van der Waals surface area contributed by atoms with Gasteiger partial charge in [-0.15, -0.1) is 0 Å². The third-order valence-corrected chi connectivity index (χ3v) is 4.52. The minimum atomic E-state index is -0.336. The summed E-state index contributed by atoms with van der Waals surface area (Å²) in [4.78, 5) is 22.3. The van der Waals surface area contributed by atoms with Crippen LogP contribution in [0.15, 0.2) is 46.2 Å². The first-order valence-electron chi connectivity index (χ1n) is 7.74. The summed E-state index contributed by atoms with van der Waals surface area (Å²) in [5.74, 6) is -0.567. The first-order valence-corrected chi connectivity index (χ1v) is 7.74. The maximum Gasteiger partial charge on any atom is 0.256 e. The Balaban J connectivity index is 2.02. The Morgan fingerprint density at radius 1 is 1.42 bits per heavy atom. The van der Waals surface area contributed by atoms with Crippen molar-refractivity contribution in [1.82, 2.24) is 4.90 Å². The fraction of sp³-hybridized carbons (Fsp3) is 0.316. The highest BCUT2D eigenvalue weighted by Gasteiger charge is 2.35. The van der Waals surface area contributed by atoms with Crippen molar-refractivity contribution in [1.29, 1.82) is 0 Å². The predicted octanol–water partition coefficient (Wildman–Crippen LogP) is 3.76. The average Bonchev–Trinajstić information content (AvgIpc) is 3.00. The minimum Gasteiger partial charge on any atom is -0.324 e. The van der Waals surface area contributed by atoms with Gasteiger partial charge in [-0.1, -0.05) is 13.8 Å². The molecule has 0 unspecified atom stereocenters. The Morgan fingerprint density at radius 2 is 2.17 bits per heavy atom. The SMILES string of the molecule is [C-]#[N+]C1=CN(C(=O)c2ccc(F)c(C)c2)CC(C)(C)C2=C1C=NC2. The van der Waals surface area contributed by atoms with Gasteiger partial charge >= 0.3 is 0 Å². The lowest BCUT2D eigenvalue weighted by Crippen LogP contribution is -2.36. The molecular weight excluding hydrogens is 305 g/mol. The lowest BCUT2D eigenvalue weighted by molar-refractivity contribution is 0.0787. The second-order valence-electron chi connectivity index (χ2n) is 6.77. The lowest BCUT2D eigenvalue weighted by atomic mass is 9.82. The molecule has 0 N–H and O–H groups in total. The topological polar surface area (TPSA) is 37.0 Å². The highest BCUT2D eigenvalue weighted by molar-refractivity contribution is 5.96. The molecule has 0 saturated carbocycles. The first-order chi connectivity index (χ1) is 11.3. The third kappa shape index (κ3) is 2.65. The van der Waals surface area contributed by atoms with E-state index in [9.17, 15) is 9.18 Å². The summed E-state index contributed by atoms with van der Waals surface area (Å²) >= 11 is 0. The number of carbonyl (C=O) groups excluding carboxylic acids is 1. The van der Waals surface area contributed by atoms with Crippen LogP contribution in [-0.4, -0.2) is 30.1 Å². The van der Waals surface area contributed by atoms with Crippen molar-refractivity contribution in [3.05, 3.63) is 69.6 Å². The molecule has 0 bridgehead atoms. The van der Waals surface area contributed by atoms with Crippen LogP contribution < -0.4 is 0 Å². The molecule has 24 heavy (non-hydrogen) atoms. The zero-order chi connectivity index (χ0) is 17.5. The van der Waals surface area contributed by atoms with Crippen molar-refractivity contribution in [3.8, 4) is 0 Å². The number of amides is 1. The molecule has 0 saturated heterocycles. The van der Waals surface area contributed by atoms with E-state index in [2.05, 4.69) is 9.84 Å². The quantitative estimate of drug-likeness (QED) is 0.725. The van der Waals surface area contributed by atoms with Crippen molar-refractivity contribution < 1.29 is 9.18 Å². The van der Waals surface area contributed by atoms with Crippen LogP contribution in [0.2, 0.25) is 0 Å². The number of carbonyl (C=O) groups is 1. The number of hydrogen-bond donors (Lipinski definition) is 0. The largest absolute Gasteiger partial charge is 0.324 e. The van der Waals surface area contributed by atoms with Crippen LogP contribution >= 0.6 is 0 Å². The maximum absolute atomic E-state index is 13.5. The van der Waals surface area contributed by atoms with Crippen LogP contribution in [0.25, 0.3) is 4.85 Å². The summed E-state index contributed by atoms with van der Waals surface area (Å²) in [6, 6.07) is 4.33. The predicted molar refractivity (Wildman–Crippen MR) is 91.0 cm³/mol. The van der Waals surface area contributed by atoms with Gasteiger partial charge in [0, 0.05) is 35.5 Å². The second-order valence-corrected chi connectivity index (χ2v) is 6.77.